The van der Waals surface area contributed by atoms with Crippen molar-refractivity contribution < 1.29 is 10.2 Å². The maximum atomic E-state index is 9.29. The van der Waals surface area contributed by atoms with E-state index in [1.807, 2.05) is 12.1 Å². The first-order valence-corrected chi connectivity index (χ1v) is 3.48. The van der Waals surface area contributed by atoms with E-state index in [1.54, 1.807) is 12.1 Å². The Balaban J connectivity index is 2.56. The molecule has 3 nitrogen and oxygen atoms in total. The SMILES string of the molecule is OC1(O)NCc2ccccc21. The summed E-state index contributed by atoms with van der Waals surface area (Å²) in [6.07, 6.45) is 0. The Bertz CT molecular complexity index is 283. The van der Waals surface area contributed by atoms with Crippen molar-refractivity contribution in [3.05, 3.63) is 35.4 Å². The minimum atomic E-state index is -1.82. The number of aliphatic hydroxyl groups is 2. The van der Waals surface area contributed by atoms with Gasteiger partial charge in [-0.1, -0.05) is 24.3 Å². The summed E-state index contributed by atoms with van der Waals surface area (Å²) in [6, 6.07) is 7.24. The zero-order valence-electron chi connectivity index (χ0n) is 5.91. The van der Waals surface area contributed by atoms with Gasteiger partial charge in [-0.2, -0.15) is 0 Å². The average molecular weight is 151 g/mol. The molecule has 1 aromatic carbocycles. The molecular weight excluding hydrogens is 142 g/mol. The van der Waals surface area contributed by atoms with E-state index in [0.717, 1.165) is 5.56 Å². The maximum Gasteiger partial charge on any atom is 0.251 e. The van der Waals surface area contributed by atoms with Crippen molar-refractivity contribution in [2.24, 2.45) is 0 Å². The molecule has 3 heteroatoms. The van der Waals surface area contributed by atoms with Crippen molar-refractivity contribution >= 4 is 0 Å². The van der Waals surface area contributed by atoms with Crippen LogP contribution in [0.2, 0.25) is 0 Å². The highest BCUT2D eigenvalue weighted by molar-refractivity contribution is 5.33. The van der Waals surface area contributed by atoms with Gasteiger partial charge in [0.25, 0.3) is 5.91 Å². The average Bonchev–Trinajstić information content (AvgIpc) is 2.29. The lowest BCUT2D eigenvalue weighted by Crippen LogP contribution is -2.35. The van der Waals surface area contributed by atoms with Gasteiger partial charge in [0.2, 0.25) is 0 Å². The van der Waals surface area contributed by atoms with E-state index < -0.39 is 5.91 Å². The molecule has 0 unspecified atom stereocenters. The predicted octanol–water partition coefficient (Wildman–Crippen LogP) is -0.115. The van der Waals surface area contributed by atoms with Crippen LogP contribution in [0.5, 0.6) is 0 Å². The molecule has 0 saturated carbocycles. The van der Waals surface area contributed by atoms with E-state index in [9.17, 15) is 10.2 Å². The summed E-state index contributed by atoms with van der Waals surface area (Å²) in [7, 11) is 0. The Morgan fingerprint density at radius 3 is 2.73 bits per heavy atom. The van der Waals surface area contributed by atoms with Crippen LogP contribution in [0.3, 0.4) is 0 Å². The van der Waals surface area contributed by atoms with Crippen LogP contribution in [-0.4, -0.2) is 10.2 Å². The molecule has 1 heterocycles. The summed E-state index contributed by atoms with van der Waals surface area (Å²) >= 11 is 0. The molecule has 0 spiro atoms. The van der Waals surface area contributed by atoms with Gasteiger partial charge in [-0.3, -0.25) is 5.32 Å². The second-order valence-corrected chi connectivity index (χ2v) is 2.68. The molecule has 0 amide bonds. The molecule has 1 aliphatic heterocycles. The van der Waals surface area contributed by atoms with E-state index in [0.29, 0.717) is 12.1 Å². The van der Waals surface area contributed by atoms with Gasteiger partial charge in [0, 0.05) is 12.1 Å². The Labute approximate surface area is 64.3 Å². The quantitative estimate of drug-likeness (QED) is 0.453. The highest BCUT2D eigenvalue weighted by Crippen LogP contribution is 2.25. The Kier molecular flexibility index (Phi) is 1.26. The van der Waals surface area contributed by atoms with Gasteiger partial charge in [-0.25, -0.2) is 0 Å². The number of rotatable bonds is 0. The van der Waals surface area contributed by atoms with Crippen LogP contribution in [0.15, 0.2) is 24.3 Å². The van der Waals surface area contributed by atoms with Crippen molar-refractivity contribution in [3.8, 4) is 0 Å². The van der Waals surface area contributed by atoms with Gasteiger partial charge in [0.1, 0.15) is 0 Å². The molecule has 0 aliphatic carbocycles. The lowest BCUT2D eigenvalue weighted by molar-refractivity contribution is -0.187. The first-order valence-electron chi connectivity index (χ1n) is 3.48. The monoisotopic (exact) mass is 151 g/mol. The smallest absolute Gasteiger partial charge is 0.251 e. The summed E-state index contributed by atoms with van der Waals surface area (Å²) in [6.45, 7) is 0.517. The Morgan fingerprint density at radius 2 is 2.00 bits per heavy atom. The van der Waals surface area contributed by atoms with Crippen molar-refractivity contribution in [2.75, 3.05) is 0 Å². The highest BCUT2D eigenvalue weighted by atomic mass is 16.5. The van der Waals surface area contributed by atoms with E-state index in [1.165, 1.54) is 0 Å². The number of hydrogen-bond acceptors (Lipinski definition) is 3. The van der Waals surface area contributed by atoms with E-state index in [-0.39, 0.29) is 0 Å². The molecule has 1 aliphatic rings. The van der Waals surface area contributed by atoms with Crippen LogP contribution in [0.25, 0.3) is 0 Å². The predicted molar refractivity (Wildman–Crippen MR) is 39.4 cm³/mol. The zero-order valence-corrected chi connectivity index (χ0v) is 5.91. The molecule has 0 bridgehead atoms. The first kappa shape index (κ1) is 6.79. The third-order valence-corrected chi connectivity index (χ3v) is 1.92. The van der Waals surface area contributed by atoms with Crippen LogP contribution >= 0.6 is 0 Å². The van der Waals surface area contributed by atoms with E-state index >= 15 is 0 Å². The number of hydrogen-bond donors (Lipinski definition) is 3. The lowest BCUT2D eigenvalue weighted by atomic mass is 10.1. The molecule has 0 fully saturated rings. The zero-order chi connectivity index (χ0) is 7.90. The molecule has 0 saturated heterocycles. The molecule has 11 heavy (non-hydrogen) atoms. The highest BCUT2D eigenvalue weighted by Gasteiger charge is 2.33. The maximum absolute atomic E-state index is 9.29. The van der Waals surface area contributed by atoms with Crippen LogP contribution in [0.1, 0.15) is 11.1 Å². The molecule has 1 aromatic rings. The van der Waals surface area contributed by atoms with E-state index in [2.05, 4.69) is 5.32 Å². The largest absolute Gasteiger partial charge is 0.350 e. The third-order valence-electron chi connectivity index (χ3n) is 1.92. The van der Waals surface area contributed by atoms with Crippen molar-refractivity contribution in [1.29, 1.82) is 0 Å². The molecule has 0 atom stereocenters. The minimum Gasteiger partial charge on any atom is -0.350 e. The van der Waals surface area contributed by atoms with Crippen molar-refractivity contribution in [3.63, 3.8) is 0 Å². The molecule has 3 N–H and O–H groups in total. The van der Waals surface area contributed by atoms with Gasteiger partial charge in [-0.05, 0) is 5.56 Å². The summed E-state index contributed by atoms with van der Waals surface area (Å²) in [5, 5.41) is 21.2. The molecule has 2 rings (SSSR count). The van der Waals surface area contributed by atoms with Crippen LogP contribution in [0, 0.1) is 0 Å². The minimum absolute atomic E-state index is 0.517. The fourth-order valence-electron chi connectivity index (χ4n) is 1.33. The van der Waals surface area contributed by atoms with Gasteiger partial charge in [0.15, 0.2) is 0 Å². The number of nitrogens with one attached hydrogen (secondary N) is 1. The summed E-state index contributed by atoms with van der Waals surface area (Å²) in [5.74, 6) is -1.82. The van der Waals surface area contributed by atoms with Crippen LogP contribution < -0.4 is 5.32 Å². The number of fused-ring (bicyclic) bond motifs is 1. The van der Waals surface area contributed by atoms with Crippen molar-refractivity contribution in [2.45, 2.75) is 12.5 Å². The molecule has 0 radical (unpaired) electrons. The van der Waals surface area contributed by atoms with Crippen molar-refractivity contribution in [1.82, 2.24) is 5.32 Å². The van der Waals surface area contributed by atoms with Gasteiger partial charge >= 0.3 is 0 Å². The van der Waals surface area contributed by atoms with Gasteiger partial charge in [0.05, 0.1) is 0 Å². The fraction of sp³-hybridized carbons (Fsp3) is 0.250. The molecular formula is C8H9NO2. The topological polar surface area (TPSA) is 52.5 Å². The third kappa shape index (κ3) is 0.939. The van der Waals surface area contributed by atoms with Gasteiger partial charge in [-0.15, -0.1) is 0 Å². The number of benzene rings is 1. The summed E-state index contributed by atoms with van der Waals surface area (Å²) in [5.41, 5.74) is 1.50. The Hall–Kier alpha value is -0.900. The summed E-state index contributed by atoms with van der Waals surface area (Å²) < 4.78 is 0. The molecule has 58 valence electrons. The first-order chi connectivity index (χ1) is 5.20. The van der Waals surface area contributed by atoms with E-state index in [4.69, 9.17) is 0 Å². The van der Waals surface area contributed by atoms with Crippen LogP contribution in [-0.2, 0) is 12.5 Å². The lowest BCUT2D eigenvalue weighted by Gasteiger charge is -2.15. The standard InChI is InChI=1S/C8H9NO2/c10-8(11)7-4-2-1-3-6(7)5-9-8/h1-4,9-11H,5H2. The van der Waals surface area contributed by atoms with Crippen LogP contribution in [0.4, 0.5) is 0 Å². The fourth-order valence-corrected chi connectivity index (χ4v) is 1.33. The normalized spacial score (nSPS) is 19.8. The molecule has 0 aromatic heterocycles. The second-order valence-electron chi connectivity index (χ2n) is 2.68. The second kappa shape index (κ2) is 2.04. The van der Waals surface area contributed by atoms with Gasteiger partial charge < -0.3 is 10.2 Å². The summed E-state index contributed by atoms with van der Waals surface area (Å²) in [4.78, 5) is 0. The Morgan fingerprint density at radius 1 is 1.27 bits per heavy atom.